The smallest absolute Gasteiger partial charge is 0.246 e. The fraction of sp³-hybridized carbons (Fsp3) is 0.577. The molecule has 1 aliphatic heterocycles. The summed E-state index contributed by atoms with van der Waals surface area (Å²) in [4.78, 5) is 21.1. The van der Waals surface area contributed by atoms with E-state index in [1.165, 1.54) is 4.88 Å². The highest BCUT2D eigenvalue weighted by Crippen LogP contribution is 2.49. The first-order valence-electron chi connectivity index (χ1n) is 13.1. The number of carbonyl (C=O) groups excluding carboxylic acids is 1. The number of morpholine rings is 1. The van der Waals surface area contributed by atoms with Crippen molar-refractivity contribution in [2.75, 3.05) is 31.6 Å². The van der Waals surface area contributed by atoms with Crippen LogP contribution >= 0.6 is 11.3 Å². The first-order chi connectivity index (χ1) is 18.0. The molecule has 2 atom stereocenters. The zero-order valence-electron chi connectivity index (χ0n) is 20.7. The highest BCUT2D eigenvalue weighted by molar-refractivity contribution is 7.19. The van der Waals surface area contributed by atoms with Crippen LogP contribution in [0.2, 0.25) is 0 Å². The van der Waals surface area contributed by atoms with Gasteiger partial charge in [0.05, 0.1) is 30.9 Å². The number of hydrogen-bond acceptors (Lipinski definition) is 10. The molecule has 0 spiro atoms. The third-order valence-corrected chi connectivity index (χ3v) is 9.05. The molecule has 198 valence electrons. The van der Waals surface area contributed by atoms with Crippen LogP contribution in [0.15, 0.2) is 22.9 Å². The molecule has 0 radical (unpaired) electrons. The summed E-state index contributed by atoms with van der Waals surface area (Å²) in [6.45, 7) is 3.66. The van der Waals surface area contributed by atoms with Gasteiger partial charge in [-0.15, -0.1) is 11.3 Å². The van der Waals surface area contributed by atoms with Crippen LogP contribution in [-0.4, -0.2) is 70.6 Å². The number of ether oxygens (including phenoxy) is 2. The molecule has 1 saturated carbocycles. The number of fused-ring (bicyclic) bond motifs is 3. The largest absolute Gasteiger partial charge is 0.490 e. The zero-order valence-corrected chi connectivity index (χ0v) is 21.5. The standard InChI is InChI=1S/C26H33N5O5S/c27-25(33)18(32)13-15-1-6-20-23(15)24-19(14-21(30-26(24)37-20)29-22-7-8-28-36-22)35-17-4-2-16(3-5-17)31-9-11-34-12-10-31/h7-8,14-18,32H,1-6,9-13H2,(H2,27,33)(H,29,30)/t15-,16-,17-,18+/m1/s1. The highest BCUT2D eigenvalue weighted by Gasteiger charge is 2.34. The predicted molar refractivity (Wildman–Crippen MR) is 139 cm³/mol. The molecule has 10 nitrogen and oxygen atoms in total. The summed E-state index contributed by atoms with van der Waals surface area (Å²) in [6, 6.07) is 4.27. The Balaban J connectivity index is 1.27. The number of aliphatic hydroxyl groups excluding tert-OH is 1. The van der Waals surface area contributed by atoms with E-state index in [1.54, 1.807) is 23.6 Å². The molecule has 2 aliphatic carbocycles. The molecule has 11 heteroatoms. The normalized spacial score (nSPS) is 25.2. The summed E-state index contributed by atoms with van der Waals surface area (Å²) in [7, 11) is 0. The van der Waals surface area contributed by atoms with Crippen molar-refractivity contribution in [3.63, 3.8) is 0 Å². The number of anilines is 2. The van der Waals surface area contributed by atoms with Crippen LogP contribution in [0.1, 0.15) is 54.9 Å². The number of primary amides is 1. The number of thiophene rings is 1. The summed E-state index contributed by atoms with van der Waals surface area (Å²) < 4.78 is 17.5. The minimum absolute atomic E-state index is 0.0422. The Labute approximate surface area is 219 Å². The molecule has 0 aromatic carbocycles. The second-order valence-corrected chi connectivity index (χ2v) is 11.3. The zero-order chi connectivity index (χ0) is 25.4. The average Bonchev–Trinajstić information content (AvgIpc) is 3.63. The van der Waals surface area contributed by atoms with Crippen molar-refractivity contribution in [2.45, 2.75) is 69.1 Å². The predicted octanol–water partition coefficient (Wildman–Crippen LogP) is 3.32. The molecule has 37 heavy (non-hydrogen) atoms. The van der Waals surface area contributed by atoms with E-state index >= 15 is 0 Å². The number of amides is 1. The maximum atomic E-state index is 11.6. The third-order valence-electron chi connectivity index (χ3n) is 7.89. The van der Waals surface area contributed by atoms with Gasteiger partial charge in [0.25, 0.3) is 0 Å². The second kappa shape index (κ2) is 10.6. The Hall–Kier alpha value is -2.73. The van der Waals surface area contributed by atoms with Crippen molar-refractivity contribution >= 4 is 39.2 Å². The van der Waals surface area contributed by atoms with E-state index in [-0.39, 0.29) is 12.0 Å². The van der Waals surface area contributed by atoms with Crippen molar-refractivity contribution in [3.05, 3.63) is 28.8 Å². The summed E-state index contributed by atoms with van der Waals surface area (Å²) in [5.41, 5.74) is 6.52. The summed E-state index contributed by atoms with van der Waals surface area (Å²) in [6.07, 6.45) is 6.83. The van der Waals surface area contributed by atoms with Gasteiger partial charge in [0.15, 0.2) is 0 Å². The van der Waals surface area contributed by atoms with Gasteiger partial charge in [-0.05, 0) is 56.4 Å². The summed E-state index contributed by atoms with van der Waals surface area (Å²) >= 11 is 1.65. The van der Waals surface area contributed by atoms with Crippen molar-refractivity contribution < 1.29 is 23.9 Å². The van der Waals surface area contributed by atoms with Gasteiger partial charge < -0.3 is 30.2 Å². The van der Waals surface area contributed by atoms with Crippen LogP contribution in [0.3, 0.4) is 0 Å². The van der Waals surface area contributed by atoms with E-state index in [9.17, 15) is 9.90 Å². The lowest BCUT2D eigenvalue weighted by Gasteiger charge is -2.38. The molecule has 6 rings (SSSR count). The number of nitrogens with two attached hydrogens (primary N) is 1. The molecule has 3 aromatic heterocycles. The van der Waals surface area contributed by atoms with E-state index in [1.807, 2.05) is 6.07 Å². The Morgan fingerprint density at radius 1 is 1.27 bits per heavy atom. The number of hydrogen-bond donors (Lipinski definition) is 3. The average molecular weight is 528 g/mol. The summed E-state index contributed by atoms with van der Waals surface area (Å²) in [5.74, 6) is 1.30. The lowest BCUT2D eigenvalue weighted by atomic mass is 9.91. The molecule has 3 aliphatic rings. The van der Waals surface area contributed by atoms with E-state index in [2.05, 4.69) is 15.4 Å². The van der Waals surface area contributed by atoms with Gasteiger partial charge in [-0.25, -0.2) is 4.98 Å². The van der Waals surface area contributed by atoms with Crippen molar-refractivity contribution in [1.29, 1.82) is 0 Å². The molecule has 0 unspecified atom stereocenters. The van der Waals surface area contributed by atoms with Gasteiger partial charge in [-0.3, -0.25) is 9.69 Å². The SMILES string of the molecule is NC(=O)[C@@H](O)C[C@H]1CCc2sc3nc(Nc4ccno4)cc(O[C@H]4CC[C@H](N5CCOCC5)CC4)c3c21. The van der Waals surface area contributed by atoms with Crippen LogP contribution in [-0.2, 0) is 16.0 Å². The van der Waals surface area contributed by atoms with E-state index in [0.717, 1.165) is 86.4 Å². The molecule has 4 heterocycles. The Morgan fingerprint density at radius 2 is 2.08 bits per heavy atom. The van der Waals surface area contributed by atoms with Crippen LogP contribution in [0.25, 0.3) is 10.2 Å². The van der Waals surface area contributed by atoms with Crippen molar-refractivity contribution in [3.8, 4) is 5.75 Å². The Morgan fingerprint density at radius 3 is 2.81 bits per heavy atom. The molecule has 4 N–H and O–H groups in total. The number of aryl methyl sites for hydroxylation is 1. The Bertz CT molecular complexity index is 1230. The van der Waals surface area contributed by atoms with Gasteiger partial charge in [0, 0.05) is 36.1 Å². The maximum Gasteiger partial charge on any atom is 0.246 e. The van der Waals surface area contributed by atoms with Gasteiger partial charge in [0.1, 0.15) is 22.5 Å². The number of aromatic nitrogens is 2. The molecule has 2 fully saturated rings. The van der Waals surface area contributed by atoms with Crippen molar-refractivity contribution in [1.82, 2.24) is 15.0 Å². The fourth-order valence-corrected chi connectivity index (χ4v) is 7.32. The number of aliphatic hydroxyl groups is 1. The lowest BCUT2D eigenvalue weighted by Crippen LogP contribution is -2.46. The first kappa shape index (κ1) is 24.6. The lowest BCUT2D eigenvalue weighted by molar-refractivity contribution is -0.126. The van der Waals surface area contributed by atoms with E-state index in [4.69, 9.17) is 24.7 Å². The van der Waals surface area contributed by atoms with Crippen molar-refractivity contribution in [2.24, 2.45) is 5.73 Å². The van der Waals surface area contributed by atoms with Crippen LogP contribution in [0, 0.1) is 0 Å². The molecule has 3 aromatic rings. The van der Waals surface area contributed by atoms with Crippen LogP contribution in [0.5, 0.6) is 5.75 Å². The number of pyridine rings is 1. The quantitative estimate of drug-likeness (QED) is 0.403. The van der Waals surface area contributed by atoms with E-state index < -0.39 is 12.0 Å². The van der Waals surface area contributed by atoms with E-state index in [0.29, 0.717) is 24.2 Å². The van der Waals surface area contributed by atoms with Crippen LogP contribution < -0.4 is 15.8 Å². The maximum absolute atomic E-state index is 11.6. The van der Waals surface area contributed by atoms with Crippen LogP contribution in [0.4, 0.5) is 11.7 Å². The third kappa shape index (κ3) is 5.18. The minimum atomic E-state index is -1.16. The fourth-order valence-electron chi connectivity index (χ4n) is 6.03. The number of nitrogens with zero attached hydrogens (tertiary/aromatic N) is 3. The highest BCUT2D eigenvalue weighted by atomic mass is 32.1. The molecular formula is C26H33N5O5S. The topological polar surface area (TPSA) is 136 Å². The van der Waals surface area contributed by atoms with Gasteiger partial charge in [0.2, 0.25) is 11.8 Å². The number of rotatable bonds is 8. The molecule has 1 saturated heterocycles. The monoisotopic (exact) mass is 527 g/mol. The summed E-state index contributed by atoms with van der Waals surface area (Å²) in [5, 5.41) is 18.2. The minimum Gasteiger partial charge on any atom is -0.490 e. The molecule has 1 amide bonds. The number of carbonyl (C=O) groups is 1. The van der Waals surface area contributed by atoms with Gasteiger partial charge in [-0.1, -0.05) is 5.16 Å². The second-order valence-electron chi connectivity index (χ2n) is 10.2. The Kier molecular flexibility index (Phi) is 7.02. The molecular weight excluding hydrogens is 494 g/mol. The van der Waals surface area contributed by atoms with Gasteiger partial charge >= 0.3 is 0 Å². The first-order valence-corrected chi connectivity index (χ1v) is 14.0. The number of nitrogens with one attached hydrogen (secondary N) is 1. The van der Waals surface area contributed by atoms with Gasteiger partial charge in [-0.2, -0.15) is 0 Å². The molecule has 0 bridgehead atoms.